The Morgan fingerprint density at radius 3 is 2.32 bits per heavy atom. The third-order valence-corrected chi connectivity index (χ3v) is 6.33. The monoisotopic (exact) mass is 376 g/mol. The van der Waals surface area contributed by atoms with E-state index < -0.39 is 6.09 Å². The molecule has 0 aliphatic carbocycles. The van der Waals surface area contributed by atoms with Gasteiger partial charge in [0.25, 0.3) is 0 Å². The fourth-order valence-electron chi connectivity index (χ4n) is 2.77. The first kappa shape index (κ1) is 17.6. The molecule has 8 heteroatoms. The van der Waals surface area contributed by atoms with Gasteiger partial charge in [-0.25, -0.2) is 14.8 Å². The number of ether oxygens (including phenoxy) is 1. The summed E-state index contributed by atoms with van der Waals surface area (Å²) in [6, 6.07) is 0. The molecule has 1 aromatic carbocycles. The average Bonchev–Trinajstić information content (AvgIpc) is 3.17. The number of aryl methyl sites for hydroxylation is 2. The van der Waals surface area contributed by atoms with Gasteiger partial charge in [0, 0.05) is 17.5 Å². The molecule has 3 aromatic rings. The number of anilines is 2. The Morgan fingerprint density at radius 2 is 1.72 bits per heavy atom. The highest BCUT2D eigenvalue weighted by Crippen LogP contribution is 2.43. The minimum atomic E-state index is -0.519. The summed E-state index contributed by atoms with van der Waals surface area (Å²) in [5.74, 6) is 0. The Hall–Kier alpha value is -2.19. The molecule has 0 atom stereocenters. The Balaban J connectivity index is 2.29. The van der Waals surface area contributed by atoms with Crippen LogP contribution in [0.1, 0.15) is 21.6 Å². The zero-order chi connectivity index (χ0) is 18.3. The largest absolute Gasteiger partial charge is 0.453 e. The van der Waals surface area contributed by atoms with Crippen LogP contribution in [0.15, 0.2) is 0 Å². The van der Waals surface area contributed by atoms with Gasteiger partial charge in [0.1, 0.15) is 0 Å². The van der Waals surface area contributed by atoms with Gasteiger partial charge in [0.15, 0.2) is 10.3 Å². The number of rotatable bonds is 3. The number of carbonyl (C=O) groups excluding carboxylic acids is 1. The van der Waals surface area contributed by atoms with Crippen LogP contribution in [-0.2, 0) is 4.74 Å². The Kier molecular flexibility index (Phi) is 4.66. The standard InChI is InChI=1S/C17H20N4O2S2/c1-7-8(2)11(13-10(4)24-15(18-5)20-13)14-12(9(7)3)19-16(25-14)21-17(22)23-6/h1-6H3,(H,18,20)(H,19,21,22). The normalized spacial score (nSPS) is 11.0. The number of nitrogens with zero attached hydrogens (tertiary/aromatic N) is 2. The average molecular weight is 377 g/mol. The first-order valence-corrected chi connectivity index (χ1v) is 9.41. The lowest BCUT2D eigenvalue weighted by atomic mass is 9.95. The third-order valence-electron chi connectivity index (χ3n) is 4.35. The van der Waals surface area contributed by atoms with E-state index in [2.05, 4.69) is 48.0 Å². The van der Waals surface area contributed by atoms with Crippen molar-refractivity contribution in [2.75, 3.05) is 24.8 Å². The lowest BCUT2D eigenvalue weighted by Gasteiger charge is -2.12. The number of methoxy groups -OCH3 is 1. The van der Waals surface area contributed by atoms with Gasteiger partial charge in [-0.15, -0.1) is 11.3 Å². The van der Waals surface area contributed by atoms with E-state index in [0.717, 1.165) is 37.0 Å². The highest BCUT2D eigenvalue weighted by atomic mass is 32.1. The van der Waals surface area contributed by atoms with Crippen LogP contribution in [0.3, 0.4) is 0 Å². The molecule has 0 aliphatic rings. The first-order chi connectivity index (χ1) is 11.9. The topological polar surface area (TPSA) is 76.1 Å². The number of benzene rings is 1. The van der Waals surface area contributed by atoms with Crippen molar-refractivity contribution < 1.29 is 9.53 Å². The van der Waals surface area contributed by atoms with E-state index in [9.17, 15) is 4.79 Å². The highest BCUT2D eigenvalue weighted by molar-refractivity contribution is 7.23. The molecular weight excluding hydrogens is 356 g/mol. The number of aromatic nitrogens is 2. The summed E-state index contributed by atoms with van der Waals surface area (Å²) in [4.78, 5) is 22.0. The Labute approximate surface area is 154 Å². The minimum absolute atomic E-state index is 0.519. The summed E-state index contributed by atoms with van der Waals surface area (Å²) in [6.07, 6.45) is -0.519. The number of thiazole rings is 2. The van der Waals surface area contributed by atoms with Gasteiger partial charge < -0.3 is 10.1 Å². The zero-order valence-corrected chi connectivity index (χ0v) is 16.7. The van der Waals surface area contributed by atoms with Crippen molar-refractivity contribution in [1.29, 1.82) is 0 Å². The second kappa shape index (κ2) is 6.61. The molecule has 0 saturated carbocycles. The molecule has 0 bridgehead atoms. The van der Waals surface area contributed by atoms with E-state index in [1.807, 2.05) is 7.05 Å². The van der Waals surface area contributed by atoms with E-state index in [4.69, 9.17) is 4.98 Å². The summed E-state index contributed by atoms with van der Waals surface area (Å²) in [5.41, 5.74) is 6.45. The van der Waals surface area contributed by atoms with E-state index in [1.54, 1.807) is 11.3 Å². The van der Waals surface area contributed by atoms with Crippen LogP contribution in [0.4, 0.5) is 15.1 Å². The van der Waals surface area contributed by atoms with Gasteiger partial charge in [-0.1, -0.05) is 11.3 Å². The fourth-order valence-corrected chi connectivity index (χ4v) is 4.66. The number of nitrogens with one attached hydrogen (secondary N) is 2. The van der Waals surface area contributed by atoms with Crippen LogP contribution in [-0.4, -0.2) is 30.2 Å². The zero-order valence-electron chi connectivity index (χ0n) is 15.0. The SMILES string of the molecule is CNc1nc(-c2c(C)c(C)c(C)c3nc(NC(=O)OC)sc23)c(C)s1. The molecule has 2 heterocycles. The van der Waals surface area contributed by atoms with Gasteiger partial charge in [-0.05, 0) is 44.4 Å². The van der Waals surface area contributed by atoms with Gasteiger partial charge in [-0.3, -0.25) is 5.32 Å². The number of carbonyl (C=O) groups is 1. The smallest absolute Gasteiger partial charge is 0.413 e. The van der Waals surface area contributed by atoms with E-state index in [0.29, 0.717) is 5.13 Å². The lowest BCUT2D eigenvalue weighted by molar-refractivity contribution is 0.187. The Bertz CT molecular complexity index is 975. The quantitative estimate of drug-likeness (QED) is 0.682. The fraction of sp³-hybridized carbons (Fsp3) is 0.353. The van der Waals surface area contributed by atoms with Crippen LogP contribution >= 0.6 is 22.7 Å². The molecule has 0 radical (unpaired) electrons. The predicted octanol–water partition coefficient (Wildman–Crippen LogP) is 4.87. The van der Waals surface area contributed by atoms with Crippen LogP contribution < -0.4 is 10.6 Å². The number of amides is 1. The number of hydrogen-bond acceptors (Lipinski definition) is 7. The van der Waals surface area contributed by atoms with Crippen LogP contribution in [0.25, 0.3) is 21.5 Å². The van der Waals surface area contributed by atoms with Gasteiger partial charge in [0.05, 0.1) is 23.0 Å². The highest BCUT2D eigenvalue weighted by Gasteiger charge is 2.22. The van der Waals surface area contributed by atoms with Crippen molar-refractivity contribution >= 4 is 49.2 Å². The summed E-state index contributed by atoms with van der Waals surface area (Å²) in [5, 5.41) is 7.20. The molecule has 2 N–H and O–H groups in total. The Morgan fingerprint density at radius 1 is 1.00 bits per heavy atom. The molecule has 25 heavy (non-hydrogen) atoms. The summed E-state index contributed by atoms with van der Waals surface area (Å²) >= 11 is 3.08. The van der Waals surface area contributed by atoms with Crippen molar-refractivity contribution in [1.82, 2.24) is 9.97 Å². The number of fused-ring (bicyclic) bond motifs is 1. The van der Waals surface area contributed by atoms with Crippen molar-refractivity contribution in [3.63, 3.8) is 0 Å². The van der Waals surface area contributed by atoms with Crippen LogP contribution in [0.2, 0.25) is 0 Å². The minimum Gasteiger partial charge on any atom is -0.453 e. The van der Waals surface area contributed by atoms with Crippen molar-refractivity contribution in [2.24, 2.45) is 0 Å². The van der Waals surface area contributed by atoms with Gasteiger partial charge in [0.2, 0.25) is 0 Å². The maximum atomic E-state index is 11.5. The second-order valence-electron chi connectivity index (χ2n) is 5.74. The number of hydrogen-bond donors (Lipinski definition) is 2. The van der Waals surface area contributed by atoms with E-state index in [1.165, 1.54) is 29.6 Å². The van der Waals surface area contributed by atoms with Crippen molar-refractivity contribution in [3.05, 3.63) is 21.6 Å². The molecule has 0 saturated heterocycles. The van der Waals surface area contributed by atoms with E-state index in [-0.39, 0.29) is 0 Å². The maximum Gasteiger partial charge on any atom is 0.413 e. The molecule has 0 aliphatic heterocycles. The molecule has 0 fully saturated rings. The lowest BCUT2D eigenvalue weighted by Crippen LogP contribution is -2.10. The second-order valence-corrected chi connectivity index (χ2v) is 7.94. The predicted molar refractivity (Wildman–Crippen MR) is 105 cm³/mol. The molecule has 0 unspecified atom stereocenters. The molecule has 1 amide bonds. The van der Waals surface area contributed by atoms with Crippen molar-refractivity contribution in [3.8, 4) is 11.3 Å². The maximum absolute atomic E-state index is 11.5. The summed E-state index contributed by atoms with van der Waals surface area (Å²) < 4.78 is 5.71. The first-order valence-electron chi connectivity index (χ1n) is 7.78. The van der Waals surface area contributed by atoms with Crippen LogP contribution in [0.5, 0.6) is 0 Å². The molecular formula is C17H20N4O2S2. The molecule has 3 rings (SSSR count). The van der Waals surface area contributed by atoms with Crippen molar-refractivity contribution in [2.45, 2.75) is 27.7 Å². The third kappa shape index (κ3) is 2.96. The summed E-state index contributed by atoms with van der Waals surface area (Å²) in [6.45, 7) is 8.34. The molecule has 2 aromatic heterocycles. The molecule has 6 nitrogen and oxygen atoms in total. The van der Waals surface area contributed by atoms with Gasteiger partial charge >= 0.3 is 6.09 Å². The van der Waals surface area contributed by atoms with E-state index >= 15 is 0 Å². The molecule has 132 valence electrons. The summed E-state index contributed by atoms with van der Waals surface area (Å²) in [7, 11) is 3.21. The molecule has 0 spiro atoms. The van der Waals surface area contributed by atoms with Gasteiger partial charge in [-0.2, -0.15) is 0 Å². The van der Waals surface area contributed by atoms with Crippen LogP contribution in [0, 0.1) is 27.7 Å².